The van der Waals surface area contributed by atoms with Gasteiger partial charge in [0, 0.05) is 18.6 Å². The second-order valence-corrected chi connectivity index (χ2v) is 5.00. The molecule has 2 saturated carbocycles. The number of carbonyl (C=O) groups is 2. The van der Waals surface area contributed by atoms with Crippen LogP contribution in [0.3, 0.4) is 0 Å². The molecule has 0 unspecified atom stereocenters. The smallest absolute Gasteiger partial charge is 0.317 e. The number of aliphatic carboxylic acids is 1. The number of carboxylic acid groups (broad SMARTS) is 1. The molecule has 2 amide bonds. The molecule has 0 aromatic heterocycles. The summed E-state index contributed by atoms with van der Waals surface area (Å²) < 4.78 is 0. The number of hydrogen-bond donors (Lipinski definition) is 2. The van der Waals surface area contributed by atoms with E-state index in [4.69, 9.17) is 5.11 Å². The summed E-state index contributed by atoms with van der Waals surface area (Å²) in [7, 11) is 0. The van der Waals surface area contributed by atoms with Crippen molar-refractivity contribution in [1.29, 1.82) is 0 Å². The van der Waals surface area contributed by atoms with Crippen LogP contribution in [0, 0.1) is 0 Å². The van der Waals surface area contributed by atoms with E-state index in [1.807, 2.05) is 0 Å². The monoisotopic (exact) mass is 240 g/mol. The van der Waals surface area contributed by atoms with Gasteiger partial charge in [0.1, 0.15) is 0 Å². The van der Waals surface area contributed by atoms with E-state index in [2.05, 4.69) is 5.32 Å². The van der Waals surface area contributed by atoms with Crippen LogP contribution in [-0.4, -0.2) is 40.6 Å². The van der Waals surface area contributed by atoms with Crippen LogP contribution in [0.4, 0.5) is 4.79 Å². The van der Waals surface area contributed by atoms with Crippen LogP contribution in [0.1, 0.15) is 44.9 Å². The third-order valence-corrected chi connectivity index (χ3v) is 3.50. The maximum Gasteiger partial charge on any atom is 0.317 e. The molecule has 0 aromatic carbocycles. The summed E-state index contributed by atoms with van der Waals surface area (Å²) in [6, 6.07) is 0.505. The first-order chi connectivity index (χ1) is 8.16. The van der Waals surface area contributed by atoms with Crippen molar-refractivity contribution in [2.24, 2.45) is 0 Å². The van der Waals surface area contributed by atoms with Crippen LogP contribution in [0.25, 0.3) is 0 Å². The van der Waals surface area contributed by atoms with Gasteiger partial charge in [-0.05, 0) is 25.7 Å². The van der Waals surface area contributed by atoms with E-state index < -0.39 is 5.97 Å². The van der Waals surface area contributed by atoms with Crippen LogP contribution in [-0.2, 0) is 4.79 Å². The first-order valence-electron chi connectivity index (χ1n) is 6.46. The van der Waals surface area contributed by atoms with Crippen molar-refractivity contribution in [1.82, 2.24) is 10.2 Å². The number of nitrogens with one attached hydrogen (secondary N) is 1. The van der Waals surface area contributed by atoms with Crippen molar-refractivity contribution in [3.05, 3.63) is 0 Å². The highest BCUT2D eigenvalue weighted by Crippen LogP contribution is 2.27. The average Bonchev–Trinajstić information content (AvgIpc) is 2.97. The highest BCUT2D eigenvalue weighted by molar-refractivity contribution is 5.76. The van der Waals surface area contributed by atoms with E-state index >= 15 is 0 Å². The fourth-order valence-corrected chi connectivity index (χ4v) is 2.38. The van der Waals surface area contributed by atoms with Gasteiger partial charge in [-0.2, -0.15) is 0 Å². The number of rotatable bonds is 5. The zero-order valence-electron chi connectivity index (χ0n) is 10.0. The van der Waals surface area contributed by atoms with E-state index in [1.165, 1.54) is 12.8 Å². The highest BCUT2D eigenvalue weighted by Gasteiger charge is 2.33. The minimum Gasteiger partial charge on any atom is -0.481 e. The SMILES string of the molecule is O=C(O)CCN(C(=O)NC1CCCC1)C1CC1. The van der Waals surface area contributed by atoms with Gasteiger partial charge in [-0.1, -0.05) is 12.8 Å². The number of hydrogen-bond acceptors (Lipinski definition) is 2. The summed E-state index contributed by atoms with van der Waals surface area (Å²) in [4.78, 5) is 24.3. The normalized spacial score (nSPS) is 20.2. The molecule has 0 radical (unpaired) electrons. The van der Waals surface area contributed by atoms with Crippen molar-refractivity contribution < 1.29 is 14.7 Å². The zero-order valence-corrected chi connectivity index (χ0v) is 10.0. The van der Waals surface area contributed by atoms with Gasteiger partial charge >= 0.3 is 12.0 Å². The molecule has 0 aliphatic heterocycles. The van der Waals surface area contributed by atoms with Gasteiger partial charge in [0.05, 0.1) is 6.42 Å². The van der Waals surface area contributed by atoms with Crippen LogP contribution in [0.5, 0.6) is 0 Å². The van der Waals surface area contributed by atoms with Crippen molar-refractivity contribution >= 4 is 12.0 Å². The molecule has 17 heavy (non-hydrogen) atoms. The maximum absolute atomic E-state index is 12.0. The molecule has 5 heteroatoms. The van der Waals surface area contributed by atoms with Crippen molar-refractivity contribution in [2.45, 2.75) is 57.0 Å². The largest absolute Gasteiger partial charge is 0.481 e. The van der Waals surface area contributed by atoms with Crippen LogP contribution in [0.2, 0.25) is 0 Å². The van der Waals surface area contributed by atoms with E-state index in [-0.39, 0.29) is 18.5 Å². The highest BCUT2D eigenvalue weighted by atomic mass is 16.4. The van der Waals surface area contributed by atoms with Gasteiger partial charge in [-0.3, -0.25) is 4.79 Å². The third kappa shape index (κ3) is 3.61. The minimum absolute atomic E-state index is 0.0363. The molecule has 0 atom stereocenters. The maximum atomic E-state index is 12.0. The van der Waals surface area contributed by atoms with Crippen molar-refractivity contribution in [2.75, 3.05) is 6.54 Å². The van der Waals surface area contributed by atoms with E-state index in [1.54, 1.807) is 4.90 Å². The second kappa shape index (κ2) is 5.38. The van der Waals surface area contributed by atoms with Gasteiger partial charge in [0.15, 0.2) is 0 Å². The Labute approximate surface area is 101 Å². The van der Waals surface area contributed by atoms with Gasteiger partial charge in [-0.25, -0.2) is 4.79 Å². The van der Waals surface area contributed by atoms with Crippen molar-refractivity contribution in [3.63, 3.8) is 0 Å². The molecular weight excluding hydrogens is 220 g/mol. The molecule has 0 saturated heterocycles. The van der Waals surface area contributed by atoms with Gasteiger partial charge in [0.2, 0.25) is 0 Å². The molecule has 0 bridgehead atoms. The standard InChI is InChI=1S/C12H20N2O3/c15-11(16)7-8-14(10-5-6-10)12(17)13-9-3-1-2-4-9/h9-10H,1-8H2,(H,13,17)(H,15,16). The predicted molar refractivity (Wildman–Crippen MR) is 62.8 cm³/mol. The quantitative estimate of drug-likeness (QED) is 0.766. The van der Waals surface area contributed by atoms with E-state index in [0.717, 1.165) is 25.7 Å². The lowest BCUT2D eigenvalue weighted by atomic mass is 10.2. The molecule has 2 fully saturated rings. The summed E-state index contributed by atoms with van der Waals surface area (Å²) in [5, 5.41) is 11.7. The number of carbonyl (C=O) groups excluding carboxylic acids is 1. The third-order valence-electron chi connectivity index (χ3n) is 3.50. The Balaban J connectivity index is 1.81. The fourth-order valence-electron chi connectivity index (χ4n) is 2.38. The molecule has 2 N–H and O–H groups in total. The molecule has 5 nitrogen and oxygen atoms in total. The number of nitrogens with zero attached hydrogens (tertiary/aromatic N) is 1. The molecule has 2 rings (SSSR count). The lowest BCUT2D eigenvalue weighted by Gasteiger charge is -2.24. The number of urea groups is 1. The lowest BCUT2D eigenvalue weighted by molar-refractivity contribution is -0.137. The Morgan fingerprint density at radius 1 is 1.18 bits per heavy atom. The van der Waals surface area contributed by atoms with E-state index in [9.17, 15) is 9.59 Å². The van der Waals surface area contributed by atoms with Gasteiger partial charge in [0.25, 0.3) is 0 Å². The minimum atomic E-state index is -0.843. The molecule has 2 aliphatic carbocycles. The molecule has 2 aliphatic rings. The van der Waals surface area contributed by atoms with Crippen molar-refractivity contribution in [3.8, 4) is 0 Å². The predicted octanol–water partition coefficient (Wildman–Crippen LogP) is 1.58. The number of carboxylic acids is 1. The first kappa shape index (κ1) is 12.2. The summed E-state index contributed by atoms with van der Waals surface area (Å²) in [6.07, 6.45) is 6.54. The number of amides is 2. The second-order valence-electron chi connectivity index (χ2n) is 5.00. The summed E-state index contributed by atoms with van der Waals surface area (Å²) in [5.74, 6) is -0.843. The van der Waals surface area contributed by atoms with Gasteiger partial charge < -0.3 is 15.3 Å². The first-order valence-corrected chi connectivity index (χ1v) is 6.46. The average molecular weight is 240 g/mol. The summed E-state index contributed by atoms with van der Waals surface area (Å²) in [5.41, 5.74) is 0. The summed E-state index contributed by atoms with van der Waals surface area (Å²) in [6.45, 7) is 0.332. The lowest BCUT2D eigenvalue weighted by Crippen LogP contribution is -2.45. The Bertz CT molecular complexity index is 296. The van der Waals surface area contributed by atoms with Crippen LogP contribution in [0.15, 0.2) is 0 Å². The van der Waals surface area contributed by atoms with Crippen LogP contribution < -0.4 is 5.32 Å². The molecule has 0 spiro atoms. The Morgan fingerprint density at radius 3 is 2.35 bits per heavy atom. The van der Waals surface area contributed by atoms with Crippen LogP contribution >= 0.6 is 0 Å². The fraction of sp³-hybridized carbons (Fsp3) is 0.833. The van der Waals surface area contributed by atoms with E-state index in [0.29, 0.717) is 12.6 Å². The Kier molecular flexibility index (Phi) is 3.86. The Hall–Kier alpha value is -1.26. The molecular formula is C12H20N2O3. The molecule has 0 aromatic rings. The molecule has 0 heterocycles. The summed E-state index contributed by atoms with van der Waals surface area (Å²) >= 11 is 0. The topological polar surface area (TPSA) is 69.6 Å². The van der Waals surface area contributed by atoms with Gasteiger partial charge in [-0.15, -0.1) is 0 Å². The zero-order chi connectivity index (χ0) is 12.3. The Morgan fingerprint density at radius 2 is 1.82 bits per heavy atom. The molecule has 96 valence electrons.